The third-order valence-corrected chi connectivity index (χ3v) is 2.75. The van der Waals surface area contributed by atoms with Crippen LogP contribution in [0.4, 0.5) is 11.5 Å². The third kappa shape index (κ3) is 2.40. The molecule has 84 valence electrons. The quantitative estimate of drug-likeness (QED) is 0.593. The van der Waals surface area contributed by atoms with Crippen molar-refractivity contribution in [2.45, 2.75) is 6.54 Å². The molecule has 0 unspecified atom stereocenters. The molecule has 1 aromatic rings. The monoisotopic (exact) mass is 210 g/mol. The Kier molecular flexibility index (Phi) is 3.08. The number of anilines is 2. The summed E-state index contributed by atoms with van der Waals surface area (Å²) in [4.78, 5) is 2.40. The van der Waals surface area contributed by atoms with E-state index in [9.17, 15) is 0 Å². The largest absolute Gasteiger partial charge is 0.394 e. The van der Waals surface area contributed by atoms with Crippen molar-refractivity contribution in [2.24, 2.45) is 0 Å². The van der Waals surface area contributed by atoms with Crippen LogP contribution in [-0.2, 0) is 6.54 Å². The maximum absolute atomic E-state index is 5.76. The normalized spacial score (nSPS) is 18.1. The summed E-state index contributed by atoms with van der Waals surface area (Å²) in [5.74, 6) is 0.574. The molecule has 1 saturated heterocycles. The molecule has 6 heteroatoms. The summed E-state index contributed by atoms with van der Waals surface area (Å²) in [6.45, 7) is 6.11. The summed E-state index contributed by atoms with van der Waals surface area (Å²) < 4.78 is 1.76. The van der Waals surface area contributed by atoms with Gasteiger partial charge in [-0.1, -0.05) is 0 Å². The van der Waals surface area contributed by atoms with E-state index in [0.29, 0.717) is 11.5 Å². The number of nitrogen functional groups attached to an aromatic ring is 2. The Morgan fingerprint density at radius 3 is 2.60 bits per heavy atom. The molecule has 6 nitrogen and oxygen atoms in total. The van der Waals surface area contributed by atoms with Crippen molar-refractivity contribution in [1.29, 1.82) is 0 Å². The Hall–Kier alpha value is -1.27. The first-order chi connectivity index (χ1) is 7.27. The van der Waals surface area contributed by atoms with E-state index in [1.165, 1.54) is 0 Å². The van der Waals surface area contributed by atoms with Gasteiger partial charge in [-0.05, 0) is 0 Å². The molecule has 0 bridgehead atoms. The molecule has 0 aromatic carbocycles. The Balaban J connectivity index is 1.84. The molecule has 0 spiro atoms. The average molecular weight is 210 g/mol. The van der Waals surface area contributed by atoms with Crippen LogP contribution in [0.2, 0.25) is 0 Å². The molecule has 1 fully saturated rings. The van der Waals surface area contributed by atoms with Crippen molar-refractivity contribution in [1.82, 2.24) is 20.0 Å². The summed E-state index contributed by atoms with van der Waals surface area (Å²) in [7, 11) is 0. The van der Waals surface area contributed by atoms with Crippen molar-refractivity contribution in [3.05, 3.63) is 6.20 Å². The number of nitrogens with zero attached hydrogens (tertiary/aromatic N) is 3. The van der Waals surface area contributed by atoms with E-state index < -0.39 is 0 Å². The molecule has 0 saturated carbocycles. The topological polar surface area (TPSA) is 85.1 Å². The van der Waals surface area contributed by atoms with Crippen LogP contribution in [0.15, 0.2) is 6.20 Å². The number of aromatic nitrogens is 2. The minimum Gasteiger partial charge on any atom is -0.394 e. The Labute approximate surface area is 89.2 Å². The predicted molar refractivity (Wildman–Crippen MR) is 60.4 cm³/mol. The summed E-state index contributed by atoms with van der Waals surface area (Å²) in [6.07, 6.45) is 1.60. The molecule has 1 aromatic heterocycles. The minimum absolute atomic E-state index is 0.565. The highest BCUT2D eigenvalue weighted by Gasteiger charge is 2.10. The highest BCUT2D eigenvalue weighted by atomic mass is 15.3. The first-order valence-electron chi connectivity index (χ1n) is 5.27. The van der Waals surface area contributed by atoms with Gasteiger partial charge in [0.25, 0.3) is 0 Å². The van der Waals surface area contributed by atoms with E-state index in [0.717, 1.165) is 39.3 Å². The van der Waals surface area contributed by atoms with Crippen LogP contribution < -0.4 is 16.8 Å². The molecule has 0 radical (unpaired) electrons. The van der Waals surface area contributed by atoms with Gasteiger partial charge in [0.2, 0.25) is 0 Å². The van der Waals surface area contributed by atoms with Gasteiger partial charge >= 0.3 is 0 Å². The standard InChI is InChI=1S/C9H18N6/c10-8-7-13-15(9(8)11)6-5-14-3-1-12-2-4-14/h7,12H,1-6,10-11H2. The molecule has 0 aliphatic carbocycles. The molecule has 2 heterocycles. The fraction of sp³-hybridized carbons (Fsp3) is 0.667. The van der Waals surface area contributed by atoms with Crippen LogP contribution in [0.3, 0.4) is 0 Å². The maximum atomic E-state index is 5.76. The second kappa shape index (κ2) is 4.50. The third-order valence-electron chi connectivity index (χ3n) is 2.75. The summed E-state index contributed by atoms with van der Waals surface area (Å²) in [5, 5.41) is 7.44. The van der Waals surface area contributed by atoms with E-state index in [-0.39, 0.29) is 0 Å². The lowest BCUT2D eigenvalue weighted by molar-refractivity contribution is 0.230. The Morgan fingerprint density at radius 2 is 2.00 bits per heavy atom. The average Bonchev–Trinajstić information content (AvgIpc) is 2.59. The van der Waals surface area contributed by atoms with Crippen molar-refractivity contribution < 1.29 is 0 Å². The van der Waals surface area contributed by atoms with Crippen LogP contribution in [-0.4, -0.2) is 47.4 Å². The van der Waals surface area contributed by atoms with Gasteiger partial charge in [-0.3, -0.25) is 4.90 Å². The first kappa shape index (κ1) is 10.3. The van der Waals surface area contributed by atoms with E-state index >= 15 is 0 Å². The van der Waals surface area contributed by atoms with Crippen LogP contribution in [0.25, 0.3) is 0 Å². The second-order valence-electron chi connectivity index (χ2n) is 3.80. The van der Waals surface area contributed by atoms with Gasteiger partial charge in [-0.15, -0.1) is 0 Å². The van der Waals surface area contributed by atoms with Gasteiger partial charge in [-0.25, -0.2) is 4.68 Å². The number of piperazine rings is 1. The van der Waals surface area contributed by atoms with Gasteiger partial charge in [0, 0.05) is 32.7 Å². The predicted octanol–water partition coefficient (Wildman–Crippen LogP) is -1.05. The molecule has 0 atom stereocenters. The van der Waals surface area contributed by atoms with Crippen LogP contribution in [0, 0.1) is 0 Å². The molecule has 15 heavy (non-hydrogen) atoms. The van der Waals surface area contributed by atoms with Gasteiger partial charge in [0.1, 0.15) is 5.82 Å². The zero-order valence-electron chi connectivity index (χ0n) is 8.82. The highest BCUT2D eigenvalue weighted by Crippen LogP contribution is 2.11. The molecular formula is C9H18N6. The molecule has 2 rings (SSSR count). The van der Waals surface area contributed by atoms with Crippen molar-refractivity contribution in [3.8, 4) is 0 Å². The number of hydrogen-bond acceptors (Lipinski definition) is 5. The molecule has 1 aliphatic rings. The van der Waals surface area contributed by atoms with Crippen molar-refractivity contribution >= 4 is 11.5 Å². The number of hydrogen-bond donors (Lipinski definition) is 3. The number of nitrogens with two attached hydrogens (primary N) is 2. The van der Waals surface area contributed by atoms with Gasteiger partial charge in [0.15, 0.2) is 0 Å². The first-order valence-corrected chi connectivity index (χ1v) is 5.27. The lowest BCUT2D eigenvalue weighted by atomic mass is 10.3. The Morgan fingerprint density at radius 1 is 1.27 bits per heavy atom. The highest BCUT2D eigenvalue weighted by molar-refractivity contribution is 5.56. The summed E-state index contributed by atoms with van der Waals surface area (Å²) in [6, 6.07) is 0. The zero-order chi connectivity index (χ0) is 10.7. The van der Waals surface area contributed by atoms with E-state index in [1.807, 2.05) is 0 Å². The molecule has 1 aliphatic heterocycles. The van der Waals surface area contributed by atoms with Gasteiger partial charge < -0.3 is 16.8 Å². The van der Waals surface area contributed by atoms with E-state index in [4.69, 9.17) is 11.5 Å². The van der Waals surface area contributed by atoms with Crippen LogP contribution >= 0.6 is 0 Å². The lowest BCUT2D eigenvalue weighted by Gasteiger charge is -2.27. The van der Waals surface area contributed by atoms with Crippen LogP contribution in [0.1, 0.15) is 0 Å². The second-order valence-corrected chi connectivity index (χ2v) is 3.80. The minimum atomic E-state index is 0.565. The van der Waals surface area contributed by atoms with Gasteiger partial charge in [0.05, 0.1) is 18.4 Å². The smallest absolute Gasteiger partial charge is 0.145 e. The van der Waals surface area contributed by atoms with Crippen molar-refractivity contribution in [3.63, 3.8) is 0 Å². The van der Waals surface area contributed by atoms with Gasteiger partial charge in [-0.2, -0.15) is 5.10 Å². The SMILES string of the molecule is Nc1cnn(CCN2CCNCC2)c1N. The molecule has 5 N–H and O–H groups in total. The lowest BCUT2D eigenvalue weighted by Crippen LogP contribution is -2.44. The zero-order valence-corrected chi connectivity index (χ0v) is 8.82. The summed E-state index contributed by atoms with van der Waals surface area (Å²) in [5.41, 5.74) is 11.9. The number of nitrogens with one attached hydrogen (secondary N) is 1. The Bertz CT molecular complexity index is 314. The van der Waals surface area contributed by atoms with Crippen LogP contribution in [0.5, 0.6) is 0 Å². The van der Waals surface area contributed by atoms with E-state index in [2.05, 4.69) is 15.3 Å². The fourth-order valence-corrected chi connectivity index (χ4v) is 1.76. The number of rotatable bonds is 3. The van der Waals surface area contributed by atoms with Crippen molar-refractivity contribution in [2.75, 3.05) is 44.2 Å². The molecular weight excluding hydrogens is 192 g/mol. The maximum Gasteiger partial charge on any atom is 0.145 e. The van der Waals surface area contributed by atoms with E-state index in [1.54, 1.807) is 10.9 Å². The summed E-state index contributed by atoms with van der Waals surface area (Å²) >= 11 is 0. The fourth-order valence-electron chi connectivity index (χ4n) is 1.76. The molecule has 0 amide bonds.